The minimum Gasteiger partial charge on any atom is -0.357 e. The van der Waals surface area contributed by atoms with Gasteiger partial charge in [0, 0.05) is 51.1 Å². The second-order valence-corrected chi connectivity index (χ2v) is 9.33. The molecule has 2 heterocycles. The fourth-order valence-electron chi connectivity index (χ4n) is 5.11. The van der Waals surface area contributed by atoms with Crippen LogP contribution in [-0.2, 0) is 22.7 Å². The van der Waals surface area contributed by atoms with Crippen molar-refractivity contribution < 1.29 is 9.59 Å². The summed E-state index contributed by atoms with van der Waals surface area (Å²) in [6, 6.07) is 8.60. The number of benzene rings is 1. The number of nitrogens with one attached hydrogen (secondary N) is 2. The van der Waals surface area contributed by atoms with E-state index in [1.54, 1.807) is 0 Å². The van der Waals surface area contributed by atoms with E-state index >= 15 is 0 Å². The minimum absolute atomic E-state index is 0.241. The molecule has 32 heavy (non-hydrogen) atoms. The summed E-state index contributed by atoms with van der Waals surface area (Å²) in [6.07, 6.45) is 7.10. The molecule has 4 rings (SSSR count). The lowest BCUT2D eigenvalue weighted by atomic mass is 10.1. The summed E-state index contributed by atoms with van der Waals surface area (Å²) in [4.78, 5) is 33.4. The van der Waals surface area contributed by atoms with E-state index in [0.717, 1.165) is 68.9 Å². The van der Waals surface area contributed by atoms with Crippen LogP contribution in [0, 0.1) is 5.92 Å². The van der Waals surface area contributed by atoms with Gasteiger partial charge in [0.25, 0.3) is 0 Å². The van der Waals surface area contributed by atoms with Crippen LogP contribution in [0.15, 0.2) is 29.3 Å². The maximum atomic E-state index is 12.7. The molecule has 3 aliphatic rings. The Morgan fingerprint density at radius 1 is 1.12 bits per heavy atom. The topological polar surface area (TPSA) is 77.0 Å². The highest BCUT2D eigenvalue weighted by molar-refractivity contribution is 5.81. The van der Waals surface area contributed by atoms with Crippen LogP contribution in [0.4, 0.5) is 0 Å². The largest absolute Gasteiger partial charge is 0.357 e. The summed E-state index contributed by atoms with van der Waals surface area (Å²) in [6.45, 7) is 6.58. The molecule has 3 fully saturated rings. The molecule has 1 aliphatic carbocycles. The first-order valence-corrected chi connectivity index (χ1v) is 12.3. The molecule has 1 unspecified atom stereocenters. The Morgan fingerprint density at radius 2 is 1.94 bits per heavy atom. The van der Waals surface area contributed by atoms with Crippen molar-refractivity contribution in [2.45, 2.75) is 71.0 Å². The third-order valence-electron chi connectivity index (χ3n) is 6.85. The van der Waals surface area contributed by atoms with Gasteiger partial charge in [0.2, 0.25) is 11.8 Å². The van der Waals surface area contributed by atoms with Gasteiger partial charge in [-0.3, -0.25) is 9.59 Å². The minimum atomic E-state index is 0.241. The second-order valence-electron chi connectivity index (χ2n) is 9.33. The van der Waals surface area contributed by atoms with Crippen LogP contribution in [0.3, 0.4) is 0 Å². The lowest BCUT2D eigenvalue weighted by molar-refractivity contribution is -0.134. The van der Waals surface area contributed by atoms with E-state index in [1.165, 1.54) is 12.8 Å². The normalized spacial score (nSPS) is 22.1. The zero-order valence-corrected chi connectivity index (χ0v) is 19.3. The van der Waals surface area contributed by atoms with E-state index in [-0.39, 0.29) is 17.9 Å². The first kappa shape index (κ1) is 22.6. The van der Waals surface area contributed by atoms with Crippen molar-refractivity contribution in [2.24, 2.45) is 10.9 Å². The van der Waals surface area contributed by atoms with E-state index in [9.17, 15) is 9.59 Å². The molecular weight excluding hydrogens is 402 g/mol. The van der Waals surface area contributed by atoms with Gasteiger partial charge in [-0.1, -0.05) is 37.1 Å². The van der Waals surface area contributed by atoms with Gasteiger partial charge in [-0.25, -0.2) is 4.99 Å². The van der Waals surface area contributed by atoms with Crippen LogP contribution in [0.5, 0.6) is 0 Å². The van der Waals surface area contributed by atoms with E-state index in [2.05, 4.69) is 35.8 Å². The highest BCUT2D eigenvalue weighted by Gasteiger charge is 2.32. The van der Waals surface area contributed by atoms with E-state index in [4.69, 9.17) is 4.99 Å². The zero-order valence-electron chi connectivity index (χ0n) is 19.3. The quantitative estimate of drug-likeness (QED) is 0.506. The third kappa shape index (κ3) is 5.81. The summed E-state index contributed by atoms with van der Waals surface area (Å²) in [7, 11) is 0. The van der Waals surface area contributed by atoms with Gasteiger partial charge in [-0.2, -0.15) is 0 Å². The van der Waals surface area contributed by atoms with Crippen LogP contribution in [-0.4, -0.2) is 59.8 Å². The summed E-state index contributed by atoms with van der Waals surface area (Å²) < 4.78 is 0. The van der Waals surface area contributed by atoms with Crippen LogP contribution >= 0.6 is 0 Å². The molecular formula is C25H37N5O2. The highest BCUT2D eigenvalue weighted by Crippen LogP contribution is 2.27. The zero-order chi connectivity index (χ0) is 22.3. The number of nitrogens with zero attached hydrogens (tertiary/aromatic N) is 3. The summed E-state index contributed by atoms with van der Waals surface area (Å²) >= 11 is 0. The van der Waals surface area contributed by atoms with Crippen molar-refractivity contribution in [1.82, 2.24) is 20.4 Å². The molecule has 0 aromatic heterocycles. The van der Waals surface area contributed by atoms with Crippen LogP contribution in [0.2, 0.25) is 0 Å². The maximum absolute atomic E-state index is 12.7. The van der Waals surface area contributed by atoms with Gasteiger partial charge < -0.3 is 20.4 Å². The van der Waals surface area contributed by atoms with E-state index in [0.29, 0.717) is 25.4 Å². The Kier molecular flexibility index (Phi) is 7.66. The molecule has 1 saturated carbocycles. The summed E-state index contributed by atoms with van der Waals surface area (Å²) in [5.41, 5.74) is 2.29. The Balaban J connectivity index is 1.31. The number of carbonyl (C=O) groups is 2. The average molecular weight is 440 g/mol. The van der Waals surface area contributed by atoms with Gasteiger partial charge in [0.05, 0.1) is 6.54 Å². The van der Waals surface area contributed by atoms with Crippen LogP contribution in [0.1, 0.15) is 63.0 Å². The standard InChI is InChI=1S/C25H37N5O2/c1-2-26-25(28-22-12-14-30(18-22)24(32)21-9-3-4-10-21)27-16-19-7-5-8-20(15-19)17-29-13-6-11-23(29)31/h5,7-8,15,21-22H,2-4,6,9-14,16-18H2,1H3,(H2,26,27,28). The van der Waals surface area contributed by atoms with Crippen molar-refractivity contribution in [3.05, 3.63) is 35.4 Å². The molecule has 7 heteroatoms. The van der Waals surface area contributed by atoms with Gasteiger partial charge in [-0.15, -0.1) is 0 Å². The number of carbonyl (C=O) groups excluding carboxylic acids is 2. The SMILES string of the molecule is CCNC(=NCc1cccc(CN2CCCC2=O)c1)NC1CCN(C(=O)C2CCCC2)C1. The number of guanidine groups is 1. The maximum Gasteiger partial charge on any atom is 0.225 e. The smallest absolute Gasteiger partial charge is 0.225 e. The Hall–Kier alpha value is -2.57. The summed E-state index contributed by atoms with van der Waals surface area (Å²) in [5, 5.41) is 6.87. The monoisotopic (exact) mass is 439 g/mol. The van der Waals surface area contributed by atoms with Crippen LogP contribution in [0.25, 0.3) is 0 Å². The number of amides is 2. The molecule has 0 bridgehead atoms. The molecule has 2 saturated heterocycles. The first-order valence-electron chi connectivity index (χ1n) is 12.3. The Bertz CT molecular complexity index is 833. The fraction of sp³-hybridized carbons (Fsp3) is 0.640. The molecule has 1 aromatic carbocycles. The highest BCUT2D eigenvalue weighted by atomic mass is 16.2. The van der Waals surface area contributed by atoms with Gasteiger partial charge in [0.15, 0.2) is 5.96 Å². The molecule has 174 valence electrons. The predicted octanol–water partition coefficient (Wildman–Crippen LogP) is 2.66. The molecule has 2 aliphatic heterocycles. The second kappa shape index (κ2) is 10.8. The van der Waals surface area contributed by atoms with Gasteiger partial charge in [-0.05, 0) is 43.7 Å². The number of aliphatic imine (C=N–C) groups is 1. The van der Waals surface area contributed by atoms with Crippen molar-refractivity contribution in [3.63, 3.8) is 0 Å². The molecule has 2 amide bonds. The molecule has 2 N–H and O–H groups in total. The molecule has 0 spiro atoms. The first-order chi connectivity index (χ1) is 15.6. The lowest BCUT2D eigenvalue weighted by Gasteiger charge is -2.21. The van der Waals surface area contributed by atoms with Gasteiger partial charge >= 0.3 is 0 Å². The van der Waals surface area contributed by atoms with Crippen molar-refractivity contribution in [3.8, 4) is 0 Å². The Morgan fingerprint density at radius 3 is 2.69 bits per heavy atom. The number of rotatable bonds is 7. The lowest BCUT2D eigenvalue weighted by Crippen LogP contribution is -2.45. The van der Waals surface area contributed by atoms with Crippen molar-refractivity contribution >= 4 is 17.8 Å². The molecule has 1 aromatic rings. The van der Waals surface area contributed by atoms with E-state index < -0.39 is 0 Å². The van der Waals surface area contributed by atoms with Crippen molar-refractivity contribution in [1.29, 1.82) is 0 Å². The van der Waals surface area contributed by atoms with Gasteiger partial charge in [0.1, 0.15) is 0 Å². The van der Waals surface area contributed by atoms with Crippen molar-refractivity contribution in [2.75, 3.05) is 26.2 Å². The third-order valence-corrected chi connectivity index (χ3v) is 6.85. The molecule has 0 radical (unpaired) electrons. The number of hydrogen-bond donors (Lipinski definition) is 2. The number of hydrogen-bond acceptors (Lipinski definition) is 3. The average Bonchev–Trinajstić information content (AvgIpc) is 3.56. The van der Waals surface area contributed by atoms with E-state index in [1.807, 2.05) is 15.9 Å². The summed E-state index contributed by atoms with van der Waals surface area (Å²) in [5.74, 6) is 1.65. The predicted molar refractivity (Wildman–Crippen MR) is 126 cm³/mol. The molecule has 7 nitrogen and oxygen atoms in total. The Labute approximate surface area is 191 Å². The fourth-order valence-corrected chi connectivity index (χ4v) is 5.11. The number of likely N-dealkylation sites (tertiary alicyclic amines) is 2. The van der Waals surface area contributed by atoms with Crippen LogP contribution < -0.4 is 10.6 Å². The molecule has 1 atom stereocenters.